The van der Waals surface area contributed by atoms with Crippen LogP contribution in [0.15, 0.2) is 0 Å². The van der Waals surface area contributed by atoms with Gasteiger partial charge in [-0.05, 0) is 24.8 Å². The molecular weight excluding hydrogens is 130 g/mol. The highest BCUT2D eigenvalue weighted by molar-refractivity contribution is 5.75. The maximum absolute atomic E-state index is 10.5. The summed E-state index contributed by atoms with van der Waals surface area (Å²) < 4.78 is 0. The third-order valence-corrected chi connectivity index (χ3v) is 2.76. The van der Waals surface area contributed by atoms with Crippen LogP contribution in [0.5, 0.6) is 0 Å². The molecule has 0 radical (unpaired) electrons. The van der Waals surface area contributed by atoms with Gasteiger partial charge in [-0.25, -0.2) is 0 Å². The van der Waals surface area contributed by atoms with Crippen LogP contribution < -0.4 is 5.32 Å². The lowest BCUT2D eigenvalue weighted by molar-refractivity contribution is -0.139. The van der Waals surface area contributed by atoms with Crippen LogP contribution in [-0.4, -0.2) is 24.2 Å². The predicted octanol–water partition coefficient (Wildman–Crippen LogP) is 0.0706. The minimum absolute atomic E-state index is 0.0394. The van der Waals surface area contributed by atoms with Crippen molar-refractivity contribution in [2.75, 3.05) is 13.1 Å². The molecule has 0 amide bonds. The smallest absolute Gasteiger partial charge is 0.307 e. The lowest BCUT2D eigenvalue weighted by atomic mass is 10.0. The van der Waals surface area contributed by atoms with Crippen LogP contribution in [0.1, 0.15) is 12.8 Å². The van der Waals surface area contributed by atoms with E-state index in [0.717, 1.165) is 25.9 Å². The SMILES string of the molecule is O=C(O)[C@H]1C[C@]12CCNC2. The largest absolute Gasteiger partial charge is 0.481 e. The van der Waals surface area contributed by atoms with Crippen molar-refractivity contribution in [2.45, 2.75) is 12.8 Å². The molecular formula is C7H11NO2. The fourth-order valence-electron chi connectivity index (χ4n) is 1.93. The monoisotopic (exact) mass is 141 g/mol. The Bertz CT molecular complexity index is 172. The van der Waals surface area contributed by atoms with Crippen molar-refractivity contribution in [3.63, 3.8) is 0 Å². The fraction of sp³-hybridized carbons (Fsp3) is 0.857. The molecule has 10 heavy (non-hydrogen) atoms. The van der Waals surface area contributed by atoms with Gasteiger partial charge in [-0.15, -0.1) is 0 Å². The lowest BCUT2D eigenvalue weighted by Crippen LogP contribution is -2.14. The molecule has 1 aliphatic heterocycles. The third kappa shape index (κ3) is 0.669. The zero-order valence-electron chi connectivity index (χ0n) is 5.76. The van der Waals surface area contributed by atoms with Gasteiger partial charge in [0.05, 0.1) is 5.92 Å². The van der Waals surface area contributed by atoms with Crippen molar-refractivity contribution in [1.29, 1.82) is 0 Å². The van der Waals surface area contributed by atoms with Crippen molar-refractivity contribution in [2.24, 2.45) is 11.3 Å². The van der Waals surface area contributed by atoms with E-state index in [1.54, 1.807) is 0 Å². The summed E-state index contributed by atoms with van der Waals surface area (Å²) in [7, 11) is 0. The van der Waals surface area contributed by atoms with Gasteiger partial charge in [0.25, 0.3) is 0 Å². The first kappa shape index (κ1) is 6.16. The number of aliphatic carboxylic acids is 1. The first-order valence-electron chi connectivity index (χ1n) is 3.68. The molecule has 2 N–H and O–H groups in total. The molecule has 0 unspecified atom stereocenters. The van der Waals surface area contributed by atoms with E-state index in [-0.39, 0.29) is 11.3 Å². The van der Waals surface area contributed by atoms with Crippen LogP contribution in [0.3, 0.4) is 0 Å². The molecule has 0 bridgehead atoms. The minimum atomic E-state index is -0.608. The Morgan fingerprint density at radius 1 is 1.70 bits per heavy atom. The fourth-order valence-corrected chi connectivity index (χ4v) is 1.93. The number of rotatable bonds is 1. The van der Waals surface area contributed by atoms with Crippen LogP contribution in [0, 0.1) is 11.3 Å². The van der Waals surface area contributed by atoms with Crippen LogP contribution in [0.4, 0.5) is 0 Å². The molecule has 0 aromatic carbocycles. The molecule has 2 fully saturated rings. The van der Waals surface area contributed by atoms with Gasteiger partial charge in [-0.1, -0.05) is 0 Å². The minimum Gasteiger partial charge on any atom is -0.481 e. The average Bonchev–Trinajstić information content (AvgIpc) is 2.32. The molecule has 2 aliphatic rings. The summed E-state index contributed by atoms with van der Waals surface area (Å²) in [5.74, 6) is -0.647. The molecule has 1 heterocycles. The van der Waals surface area contributed by atoms with Gasteiger partial charge in [0.2, 0.25) is 0 Å². The highest BCUT2D eigenvalue weighted by Crippen LogP contribution is 2.56. The van der Waals surface area contributed by atoms with E-state index in [1.807, 2.05) is 0 Å². The van der Waals surface area contributed by atoms with E-state index in [0.29, 0.717) is 0 Å². The van der Waals surface area contributed by atoms with Crippen molar-refractivity contribution in [1.82, 2.24) is 5.32 Å². The molecule has 1 saturated carbocycles. The summed E-state index contributed by atoms with van der Waals surface area (Å²) in [4.78, 5) is 10.5. The van der Waals surface area contributed by atoms with Crippen LogP contribution in [0.2, 0.25) is 0 Å². The summed E-state index contributed by atoms with van der Waals surface area (Å²) in [6.07, 6.45) is 1.96. The number of carboxylic acids is 1. The van der Waals surface area contributed by atoms with Gasteiger partial charge in [-0.2, -0.15) is 0 Å². The van der Waals surface area contributed by atoms with Crippen molar-refractivity contribution in [3.8, 4) is 0 Å². The maximum Gasteiger partial charge on any atom is 0.307 e. The molecule has 3 heteroatoms. The zero-order chi connectivity index (χ0) is 7.19. The first-order valence-corrected chi connectivity index (χ1v) is 3.68. The van der Waals surface area contributed by atoms with Gasteiger partial charge in [0, 0.05) is 6.54 Å². The highest BCUT2D eigenvalue weighted by Gasteiger charge is 2.59. The van der Waals surface area contributed by atoms with Gasteiger partial charge < -0.3 is 10.4 Å². The zero-order valence-corrected chi connectivity index (χ0v) is 5.76. The average molecular weight is 141 g/mol. The van der Waals surface area contributed by atoms with Crippen LogP contribution >= 0.6 is 0 Å². The van der Waals surface area contributed by atoms with E-state index in [1.165, 1.54) is 0 Å². The summed E-state index contributed by atoms with van der Waals surface area (Å²) in [6, 6.07) is 0. The Kier molecular flexibility index (Phi) is 1.06. The van der Waals surface area contributed by atoms with E-state index in [9.17, 15) is 4.79 Å². The summed E-state index contributed by atoms with van der Waals surface area (Å²) in [5, 5.41) is 11.8. The molecule has 0 aromatic rings. The second kappa shape index (κ2) is 1.72. The third-order valence-electron chi connectivity index (χ3n) is 2.76. The topological polar surface area (TPSA) is 49.3 Å². The summed E-state index contributed by atoms with van der Waals surface area (Å²) in [6.45, 7) is 1.92. The molecule has 1 spiro atoms. The van der Waals surface area contributed by atoms with Gasteiger partial charge in [-0.3, -0.25) is 4.79 Å². The Labute approximate surface area is 59.4 Å². The molecule has 0 aromatic heterocycles. The number of carboxylic acid groups (broad SMARTS) is 1. The van der Waals surface area contributed by atoms with E-state index >= 15 is 0 Å². The predicted molar refractivity (Wildman–Crippen MR) is 35.7 cm³/mol. The molecule has 1 aliphatic carbocycles. The maximum atomic E-state index is 10.5. The van der Waals surface area contributed by atoms with Gasteiger partial charge in [0.1, 0.15) is 0 Å². The highest BCUT2D eigenvalue weighted by atomic mass is 16.4. The Balaban J connectivity index is 2.04. The number of hydrogen-bond acceptors (Lipinski definition) is 2. The quantitative estimate of drug-likeness (QED) is 0.543. The molecule has 3 nitrogen and oxygen atoms in total. The first-order chi connectivity index (χ1) is 4.75. The normalized spacial score (nSPS) is 44.2. The summed E-state index contributed by atoms with van der Waals surface area (Å²) >= 11 is 0. The number of carbonyl (C=O) groups is 1. The number of hydrogen-bond donors (Lipinski definition) is 2. The second-order valence-corrected chi connectivity index (χ2v) is 3.38. The lowest BCUT2D eigenvalue weighted by Gasteiger charge is -2.01. The Morgan fingerprint density at radius 3 is 2.90 bits per heavy atom. The molecule has 2 rings (SSSR count). The second-order valence-electron chi connectivity index (χ2n) is 3.38. The molecule has 56 valence electrons. The Hall–Kier alpha value is -0.570. The van der Waals surface area contributed by atoms with Gasteiger partial charge in [0.15, 0.2) is 0 Å². The van der Waals surface area contributed by atoms with Crippen molar-refractivity contribution in [3.05, 3.63) is 0 Å². The van der Waals surface area contributed by atoms with Crippen molar-refractivity contribution >= 4 is 5.97 Å². The van der Waals surface area contributed by atoms with Crippen molar-refractivity contribution < 1.29 is 9.90 Å². The molecule has 1 saturated heterocycles. The van der Waals surface area contributed by atoms with Crippen LogP contribution in [0.25, 0.3) is 0 Å². The standard InChI is InChI=1S/C7H11NO2/c9-6(10)5-3-7(5)1-2-8-4-7/h5,8H,1-4H2,(H,9,10)/t5-,7+/m1/s1. The van der Waals surface area contributed by atoms with Gasteiger partial charge >= 0.3 is 5.97 Å². The Morgan fingerprint density at radius 2 is 2.50 bits per heavy atom. The molecule has 2 atom stereocenters. The summed E-state index contributed by atoms with van der Waals surface area (Å²) in [5.41, 5.74) is 0.172. The van der Waals surface area contributed by atoms with E-state index < -0.39 is 5.97 Å². The van der Waals surface area contributed by atoms with E-state index in [4.69, 9.17) is 5.11 Å². The number of nitrogens with one attached hydrogen (secondary N) is 1. The van der Waals surface area contributed by atoms with Crippen LogP contribution in [-0.2, 0) is 4.79 Å². The van der Waals surface area contributed by atoms with E-state index in [2.05, 4.69) is 5.32 Å².